The Balaban J connectivity index is 1.52. The first-order valence-corrected chi connectivity index (χ1v) is 15.0. The molecule has 3 saturated heterocycles. The molecular weight excluding hydrogens is 574 g/mol. The molecular formula is C31H38BrN3O5. The second-order valence-electron chi connectivity index (χ2n) is 11.6. The van der Waals surface area contributed by atoms with Crippen LogP contribution in [-0.4, -0.2) is 63.0 Å². The number of ether oxygens (including phenoxy) is 1. The highest BCUT2D eigenvalue weighted by atomic mass is 79.9. The lowest BCUT2D eigenvalue weighted by atomic mass is 9.70. The number of aliphatic hydroxyl groups is 1. The molecule has 2 bridgehead atoms. The molecule has 0 aromatic heterocycles. The Morgan fingerprint density at radius 2 is 1.90 bits per heavy atom. The zero-order chi connectivity index (χ0) is 28.8. The van der Waals surface area contributed by atoms with Crippen molar-refractivity contribution in [3.8, 4) is 0 Å². The van der Waals surface area contributed by atoms with Gasteiger partial charge in [0.25, 0.3) is 0 Å². The summed E-state index contributed by atoms with van der Waals surface area (Å²) in [5.74, 6) is -2.58. The summed E-state index contributed by atoms with van der Waals surface area (Å²) in [6.45, 7) is 7.88. The Kier molecular flexibility index (Phi) is 8.10. The number of likely N-dealkylation sites (tertiary alicyclic amines) is 1. The highest BCUT2D eigenvalue weighted by molar-refractivity contribution is 9.09. The third-order valence-corrected chi connectivity index (χ3v) is 9.93. The van der Waals surface area contributed by atoms with E-state index in [0.717, 1.165) is 16.7 Å². The van der Waals surface area contributed by atoms with Crippen molar-refractivity contribution in [1.29, 1.82) is 0 Å². The maximum atomic E-state index is 14.3. The monoisotopic (exact) mass is 611 g/mol. The van der Waals surface area contributed by atoms with E-state index in [9.17, 15) is 19.5 Å². The largest absolute Gasteiger partial charge is 0.394 e. The number of alkyl halides is 1. The number of fused-ring (bicyclic) bond motifs is 1. The molecule has 8 nitrogen and oxygen atoms in total. The lowest BCUT2D eigenvalue weighted by Crippen LogP contribution is -2.57. The van der Waals surface area contributed by atoms with E-state index in [1.807, 2.05) is 76.2 Å². The number of halogens is 1. The van der Waals surface area contributed by atoms with Gasteiger partial charge in [0.2, 0.25) is 17.7 Å². The van der Waals surface area contributed by atoms with Gasteiger partial charge in [-0.05, 0) is 48.9 Å². The van der Waals surface area contributed by atoms with Gasteiger partial charge in [-0.15, -0.1) is 0 Å². The molecule has 40 heavy (non-hydrogen) atoms. The molecule has 3 unspecified atom stereocenters. The maximum Gasteiger partial charge on any atom is 0.250 e. The molecule has 9 heteroatoms. The van der Waals surface area contributed by atoms with Gasteiger partial charge in [0.15, 0.2) is 0 Å². The van der Waals surface area contributed by atoms with Crippen molar-refractivity contribution in [1.82, 2.24) is 10.2 Å². The Bertz CT molecular complexity index is 1290. The summed E-state index contributed by atoms with van der Waals surface area (Å²) in [6, 6.07) is 13.8. The number of nitrogens with one attached hydrogen (secondary N) is 2. The van der Waals surface area contributed by atoms with Gasteiger partial charge in [0.05, 0.1) is 30.6 Å². The van der Waals surface area contributed by atoms with Gasteiger partial charge in [0, 0.05) is 17.1 Å². The molecule has 0 saturated carbocycles. The fraction of sp³-hybridized carbons (Fsp3) is 0.516. The number of nitrogens with zero attached hydrogens (tertiary/aromatic N) is 1. The normalized spacial score (nSPS) is 30.2. The smallest absolute Gasteiger partial charge is 0.250 e. The molecule has 0 radical (unpaired) electrons. The minimum absolute atomic E-state index is 0.0671. The Labute approximate surface area is 244 Å². The van der Waals surface area contributed by atoms with Crippen molar-refractivity contribution in [3.05, 3.63) is 65.2 Å². The van der Waals surface area contributed by atoms with E-state index in [-0.39, 0.29) is 35.1 Å². The van der Waals surface area contributed by atoms with Crippen LogP contribution in [0.4, 0.5) is 5.69 Å². The summed E-state index contributed by atoms with van der Waals surface area (Å²) < 4.78 is 6.60. The molecule has 214 valence electrons. The van der Waals surface area contributed by atoms with E-state index < -0.39 is 35.6 Å². The number of hydrogen-bond acceptors (Lipinski definition) is 5. The van der Waals surface area contributed by atoms with E-state index in [0.29, 0.717) is 25.1 Å². The lowest BCUT2D eigenvalue weighted by molar-refractivity contribution is -0.145. The minimum atomic E-state index is -1.19. The van der Waals surface area contributed by atoms with Crippen molar-refractivity contribution in [2.45, 2.75) is 75.7 Å². The van der Waals surface area contributed by atoms with Crippen LogP contribution in [0.15, 0.2) is 48.5 Å². The molecule has 3 aliphatic heterocycles. The summed E-state index contributed by atoms with van der Waals surface area (Å²) in [5.41, 5.74) is 2.33. The summed E-state index contributed by atoms with van der Waals surface area (Å²) in [5, 5.41) is 16.6. The molecule has 3 N–H and O–H groups in total. The van der Waals surface area contributed by atoms with Gasteiger partial charge in [-0.2, -0.15) is 0 Å². The summed E-state index contributed by atoms with van der Waals surface area (Å²) >= 11 is 3.72. The molecule has 3 amide bonds. The predicted octanol–water partition coefficient (Wildman–Crippen LogP) is 3.71. The van der Waals surface area contributed by atoms with Crippen LogP contribution in [0, 0.1) is 31.6 Å². The van der Waals surface area contributed by atoms with Crippen LogP contribution in [0.3, 0.4) is 0 Å². The van der Waals surface area contributed by atoms with E-state index in [1.165, 1.54) is 4.90 Å². The number of rotatable bonds is 9. The van der Waals surface area contributed by atoms with Crippen molar-refractivity contribution >= 4 is 39.3 Å². The number of anilines is 1. The SMILES string of the molecule is CC[C@H](C)[C@H](CO)N1C(=O)[C@@H]2[C@H](C(=O)NCc3ccccc3)[C@H]3OC2(CC3Br)C1C(=O)Nc1cc(C)ccc1C. The van der Waals surface area contributed by atoms with Crippen LogP contribution in [0.2, 0.25) is 0 Å². The van der Waals surface area contributed by atoms with Crippen LogP contribution in [-0.2, 0) is 25.7 Å². The van der Waals surface area contributed by atoms with E-state index in [2.05, 4.69) is 26.6 Å². The molecule has 3 fully saturated rings. The average Bonchev–Trinajstić information content (AvgIpc) is 3.53. The first-order chi connectivity index (χ1) is 19.1. The predicted molar refractivity (Wildman–Crippen MR) is 156 cm³/mol. The van der Waals surface area contributed by atoms with Crippen LogP contribution in [0.5, 0.6) is 0 Å². The molecule has 5 rings (SSSR count). The number of aliphatic hydroxyl groups excluding tert-OH is 1. The second kappa shape index (κ2) is 11.3. The van der Waals surface area contributed by atoms with Crippen molar-refractivity contribution in [3.63, 3.8) is 0 Å². The molecule has 2 aromatic rings. The molecule has 1 spiro atoms. The number of aryl methyl sites for hydroxylation is 2. The summed E-state index contributed by atoms with van der Waals surface area (Å²) in [7, 11) is 0. The molecule has 0 aliphatic carbocycles. The van der Waals surface area contributed by atoms with Gasteiger partial charge in [-0.3, -0.25) is 14.4 Å². The number of hydrogen-bond donors (Lipinski definition) is 3. The van der Waals surface area contributed by atoms with Crippen LogP contribution in [0.1, 0.15) is 43.4 Å². The lowest BCUT2D eigenvalue weighted by Gasteiger charge is -2.38. The first kappa shape index (κ1) is 28.8. The third-order valence-electron chi connectivity index (χ3n) is 9.08. The van der Waals surface area contributed by atoms with Gasteiger partial charge < -0.3 is 25.4 Å². The van der Waals surface area contributed by atoms with Gasteiger partial charge >= 0.3 is 0 Å². The fourth-order valence-corrected chi connectivity index (χ4v) is 7.76. The maximum absolute atomic E-state index is 14.3. The standard InChI is InChI=1S/C31H38BrN3O5/c1-5-18(3)23(16-36)35-27(29(38)34-22-13-17(2)11-12-19(22)4)31-14-21(32)26(40-31)24(25(31)30(35)39)28(37)33-15-20-9-7-6-8-10-20/h6-13,18,21,23-27,36H,5,14-16H2,1-4H3,(H,33,37)(H,34,38)/t18-,21?,23-,24-,25-,26-,27?,31?/m0/s1. The van der Waals surface area contributed by atoms with E-state index >= 15 is 0 Å². The molecule has 2 aromatic carbocycles. The topological polar surface area (TPSA) is 108 Å². The Morgan fingerprint density at radius 1 is 1.18 bits per heavy atom. The quantitative estimate of drug-likeness (QED) is 0.375. The number of benzene rings is 2. The van der Waals surface area contributed by atoms with Crippen LogP contribution in [0.25, 0.3) is 0 Å². The first-order valence-electron chi connectivity index (χ1n) is 14.1. The highest BCUT2D eigenvalue weighted by Crippen LogP contribution is 2.60. The van der Waals surface area contributed by atoms with Crippen molar-refractivity contribution in [2.75, 3.05) is 11.9 Å². The summed E-state index contributed by atoms with van der Waals surface area (Å²) in [4.78, 5) is 43.6. The zero-order valence-corrected chi connectivity index (χ0v) is 25.0. The van der Waals surface area contributed by atoms with E-state index in [4.69, 9.17) is 4.74 Å². The fourth-order valence-electron chi connectivity index (χ4n) is 6.81. The number of carbonyl (C=O) groups is 3. The van der Waals surface area contributed by atoms with Crippen molar-refractivity contribution < 1.29 is 24.2 Å². The van der Waals surface area contributed by atoms with Crippen molar-refractivity contribution in [2.24, 2.45) is 17.8 Å². The highest BCUT2D eigenvalue weighted by Gasteiger charge is 2.77. The summed E-state index contributed by atoms with van der Waals surface area (Å²) in [6.07, 6.45) is 0.583. The minimum Gasteiger partial charge on any atom is -0.394 e. The zero-order valence-electron chi connectivity index (χ0n) is 23.4. The van der Waals surface area contributed by atoms with Gasteiger partial charge in [-0.1, -0.05) is 78.7 Å². The molecule has 3 heterocycles. The van der Waals surface area contributed by atoms with E-state index in [1.54, 1.807) is 0 Å². The Hall–Kier alpha value is -2.75. The third kappa shape index (κ3) is 4.76. The van der Waals surface area contributed by atoms with Crippen LogP contribution >= 0.6 is 15.9 Å². The average molecular weight is 613 g/mol. The Morgan fingerprint density at radius 3 is 2.58 bits per heavy atom. The molecule has 8 atom stereocenters. The number of carbonyl (C=O) groups excluding carboxylic acids is 3. The van der Waals surface area contributed by atoms with Gasteiger partial charge in [0.1, 0.15) is 11.6 Å². The van der Waals surface area contributed by atoms with Gasteiger partial charge in [-0.25, -0.2) is 0 Å². The second-order valence-corrected chi connectivity index (χ2v) is 12.7. The molecule has 3 aliphatic rings. The van der Waals surface area contributed by atoms with Crippen LogP contribution < -0.4 is 10.6 Å². The number of amides is 3.